The van der Waals surface area contributed by atoms with Crippen molar-refractivity contribution in [1.29, 1.82) is 0 Å². The predicted molar refractivity (Wildman–Crippen MR) is 108 cm³/mol. The summed E-state index contributed by atoms with van der Waals surface area (Å²) in [6, 6.07) is 5.00. The number of hydrogen-bond acceptors (Lipinski definition) is 3. The lowest BCUT2D eigenvalue weighted by Gasteiger charge is -2.26. The molecule has 1 amide bonds. The Bertz CT molecular complexity index is 700. The first kappa shape index (κ1) is 21.0. The van der Waals surface area contributed by atoms with Gasteiger partial charge in [-0.3, -0.25) is 9.79 Å². The maximum Gasteiger partial charge on any atom is 0.416 e. The molecule has 0 spiro atoms. The van der Waals surface area contributed by atoms with Crippen molar-refractivity contribution in [2.75, 3.05) is 17.6 Å². The molecule has 1 saturated carbocycles. The van der Waals surface area contributed by atoms with Gasteiger partial charge in [-0.15, -0.1) is 0 Å². The average Bonchev–Trinajstić information content (AvgIpc) is 3.03. The molecule has 1 N–H and O–H groups in total. The number of anilines is 1. The molecule has 1 aromatic carbocycles. The number of nitrogens with zero attached hydrogens (tertiary/aromatic N) is 2. The van der Waals surface area contributed by atoms with E-state index < -0.39 is 11.7 Å². The molecule has 1 saturated heterocycles. The molecule has 8 heteroatoms. The van der Waals surface area contributed by atoms with E-state index in [2.05, 4.69) is 17.1 Å². The largest absolute Gasteiger partial charge is 0.416 e. The number of amidine groups is 1. The van der Waals surface area contributed by atoms with Gasteiger partial charge >= 0.3 is 6.18 Å². The third-order valence-electron chi connectivity index (χ3n) is 5.22. The summed E-state index contributed by atoms with van der Waals surface area (Å²) in [4.78, 5) is 19.5. The van der Waals surface area contributed by atoms with E-state index in [1.807, 2.05) is 0 Å². The number of thioether (sulfide) groups is 1. The molecule has 0 radical (unpaired) electrons. The minimum absolute atomic E-state index is 0.0618. The van der Waals surface area contributed by atoms with Crippen LogP contribution in [-0.4, -0.2) is 40.4 Å². The fourth-order valence-electron chi connectivity index (χ4n) is 3.71. The Morgan fingerprint density at radius 2 is 1.89 bits per heavy atom. The molecular weight excluding hydrogens is 387 g/mol. The molecule has 2 aliphatic rings. The highest BCUT2D eigenvalue weighted by molar-refractivity contribution is 8.14. The maximum absolute atomic E-state index is 12.6. The summed E-state index contributed by atoms with van der Waals surface area (Å²) >= 11 is 1.70. The van der Waals surface area contributed by atoms with Crippen LogP contribution in [0.3, 0.4) is 0 Å². The number of halogens is 3. The number of aliphatic imine (C=N–C) groups is 1. The van der Waals surface area contributed by atoms with E-state index in [0.29, 0.717) is 18.2 Å². The van der Waals surface area contributed by atoms with Gasteiger partial charge < -0.3 is 10.2 Å². The summed E-state index contributed by atoms with van der Waals surface area (Å²) in [5.41, 5.74) is -0.346. The molecule has 1 aliphatic carbocycles. The van der Waals surface area contributed by atoms with Crippen LogP contribution < -0.4 is 5.32 Å². The van der Waals surface area contributed by atoms with Crippen molar-refractivity contribution in [3.05, 3.63) is 29.8 Å². The van der Waals surface area contributed by atoms with Crippen LogP contribution in [0, 0.1) is 0 Å². The molecule has 1 aliphatic heterocycles. The van der Waals surface area contributed by atoms with E-state index >= 15 is 0 Å². The second-order valence-electron chi connectivity index (χ2n) is 7.28. The molecule has 154 valence electrons. The van der Waals surface area contributed by atoms with Gasteiger partial charge in [-0.25, -0.2) is 0 Å². The Morgan fingerprint density at radius 1 is 1.21 bits per heavy atom. The Balaban J connectivity index is 1.56. The Morgan fingerprint density at radius 3 is 2.50 bits per heavy atom. The number of rotatable bonds is 5. The zero-order chi connectivity index (χ0) is 20.1. The second kappa shape index (κ2) is 9.20. The number of carbonyl (C=O) groups excluding carboxylic acids is 1. The topological polar surface area (TPSA) is 44.7 Å². The highest BCUT2D eigenvalue weighted by atomic mass is 32.2. The first-order valence-corrected chi connectivity index (χ1v) is 10.8. The van der Waals surface area contributed by atoms with Crippen molar-refractivity contribution < 1.29 is 18.0 Å². The smallest absolute Gasteiger partial charge is 0.347 e. The summed E-state index contributed by atoms with van der Waals surface area (Å²) in [6.07, 6.45) is 1.96. The van der Waals surface area contributed by atoms with Crippen LogP contribution in [0.4, 0.5) is 18.9 Å². The third kappa shape index (κ3) is 5.43. The SMILES string of the molecule is CCN1C(=NC2CCCCC2)SCC1CC(=O)Nc1ccc(C(F)(F)F)cc1. The number of amides is 1. The fourth-order valence-corrected chi connectivity index (χ4v) is 5.02. The highest BCUT2D eigenvalue weighted by Gasteiger charge is 2.32. The van der Waals surface area contributed by atoms with Crippen LogP contribution in [0.1, 0.15) is 51.0 Å². The lowest BCUT2D eigenvalue weighted by atomic mass is 9.96. The van der Waals surface area contributed by atoms with Crippen LogP contribution in [0.5, 0.6) is 0 Å². The normalized spacial score (nSPS) is 22.6. The van der Waals surface area contributed by atoms with Gasteiger partial charge in [0, 0.05) is 30.4 Å². The number of hydrogen-bond donors (Lipinski definition) is 1. The average molecular weight is 414 g/mol. The van der Waals surface area contributed by atoms with E-state index in [-0.39, 0.29) is 11.9 Å². The van der Waals surface area contributed by atoms with Crippen LogP contribution in [0.2, 0.25) is 0 Å². The fraction of sp³-hybridized carbons (Fsp3) is 0.600. The van der Waals surface area contributed by atoms with E-state index in [0.717, 1.165) is 42.4 Å². The maximum atomic E-state index is 12.6. The van der Waals surface area contributed by atoms with Crippen molar-refractivity contribution in [3.63, 3.8) is 0 Å². The van der Waals surface area contributed by atoms with Gasteiger partial charge in [-0.2, -0.15) is 13.2 Å². The molecular formula is C20H26F3N3OS. The van der Waals surface area contributed by atoms with Gasteiger partial charge in [0.25, 0.3) is 0 Å². The van der Waals surface area contributed by atoms with Gasteiger partial charge in [0.15, 0.2) is 5.17 Å². The summed E-state index contributed by atoms with van der Waals surface area (Å²) in [5, 5.41) is 3.74. The Labute approximate surface area is 168 Å². The molecule has 1 heterocycles. The monoisotopic (exact) mass is 413 g/mol. The molecule has 4 nitrogen and oxygen atoms in total. The lowest BCUT2D eigenvalue weighted by Crippen LogP contribution is -2.37. The summed E-state index contributed by atoms with van der Waals surface area (Å²) in [7, 11) is 0. The minimum Gasteiger partial charge on any atom is -0.347 e. The van der Waals surface area contributed by atoms with Crippen molar-refractivity contribution in [2.24, 2.45) is 4.99 Å². The molecule has 1 unspecified atom stereocenters. The van der Waals surface area contributed by atoms with E-state index in [4.69, 9.17) is 4.99 Å². The standard InChI is InChI=1S/C20H26F3N3OS/c1-2-26-17(13-28-19(26)25-15-6-4-3-5-7-15)12-18(27)24-16-10-8-14(9-11-16)20(21,22)23/h8-11,15,17H,2-7,12-13H2,1H3,(H,24,27). The van der Waals surface area contributed by atoms with Crippen molar-refractivity contribution >= 4 is 28.5 Å². The Kier molecular flexibility index (Phi) is 6.91. The highest BCUT2D eigenvalue weighted by Crippen LogP contribution is 2.31. The summed E-state index contributed by atoms with van der Waals surface area (Å²) < 4.78 is 37.9. The molecule has 1 aromatic rings. The van der Waals surface area contributed by atoms with Gasteiger partial charge in [0.2, 0.25) is 5.91 Å². The molecule has 0 aromatic heterocycles. The molecule has 3 rings (SSSR count). The Hall–Kier alpha value is -1.70. The minimum atomic E-state index is -4.38. The first-order valence-electron chi connectivity index (χ1n) is 9.81. The number of carbonyl (C=O) groups is 1. The number of alkyl halides is 3. The van der Waals surface area contributed by atoms with Crippen LogP contribution in [-0.2, 0) is 11.0 Å². The molecule has 0 bridgehead atoms. The van der Waals surface area contributed by atoms with Gasteiger partial charge in [-0.1, -0.05) is 31.0 Å². The van der Waals surface area contributed by atoms with Crippen LogP contribution in [0.15, 0.2) is 29.3 Å². The zero-order valence-corrected chi connectivity index (χ0v) is 16.8. The predicted octanol–water partition coefficient (Wildman–Crippen LogP) is 5.16. The summed E-state index contributed by atoms with van der Waals surface area (Å²) in [5.74, 6) is 0.613. The van der Waals surface area contributed by atoms with Gasteiger partial charge in [0.05, 0.1) is 11.6 Å². The van der Waals surface area contributed by atoms with E-state index in [1.165, 1.54) is 31.4 Å². The number of nitrogens with one attached hydrogen (secondary N) is 1. The molecule has 1 atom stereocenters. The molecule has 2 fully saturated rings. The number of benzene rings is 1. The quantitative estimate of drug-likeness (QED) is 0.725. The van der Waals surface area contributed by atoms with E-state index in [9.17, 15) is 18.0 Å². The zero-order valence-electron chi connectivity index (χ0n) is 16.0. The van der Waals surface area contributed by atoms with Crippen molar-refractivity contribution in [2.45, 2.75) is 63.7 Å². The van der Waals surface area contributed by atoms with Crippen molar-refractivity contribution in [3.8, 4) is 0 Å². The lowest BCUT2D eigenvalue weighted by molar-refractivity contribution is -0.137. The van der Waals surface area contributed by atoms with Crippen molar-refractivity contribution in [1.82, 2.24) is 4.90 Å². The summed E-state index contributed by atoms with van der Waals surface area (Å²) in [6.45, 7) is 2.85. The van der Waals surface area contributed by atoms with Crippen LogP contribution in [0.25, 0.3) is 0 Å². The van der Waals surface area contributed by atoms with Crippen LogP contribution >= 0.6 is 11.8 Å². The van der Waals surface area contributed by atoms with E-state index in [1.54, 1.807) is 11.8 Å². The third-order valence-corrected chi connectivity index (χ3v) is 6.37. The second-order valence-corrected chi connectivity index (χ2v) is 8.27. The van der Waals surface area contributed by atoms with Gasteiger partial charge in [-0.05, 0) is 44.0 Å². The first-order chi connectivity index (χ1) is 13.4. The van der Waals surface area contributed by atoms with Gasteiger partial charge in [0.1, 0.15) is 0 Å². The molecule has 28 heavy (non-hydrogen) atoms.